The van der Waals surface area contributed by atoms with Crippen LogP contribution in [0.5, 0.6) is 0 Å². The van der Waals surface area contributed by atoms with Crippen molar-refractivity contribution in [3.05, 3.63) is 52.4 Å². The second kappa shape index (κ2) is 2.76. The molecule has 2 aromatic rings. The van der Waals surface area contributed by atoms with Crippen molar-refractivity contribution in [3.8, 4) is 0 Å². The number of nitrogens with one attached hydrogen (secondary N) is 1. The van der Waals surface area contributed by atoms with E-state index in [1.807, 2.05) is 0 Å². The van der Waals surface area contributed by atoms with E-state index in [-0.39, 0.29) is 24.8 Å². The third-order valence-electron chi connectivity index (χ3n) is 7.15. The van der Waals surface area contributed by atoms with Crippen LogP contribution in [0.3, 0.4) is 0 Å². The number of rotatable bonds is 2. The van der Waals surface area contributed by atoms with E-state index < -0.39 is 7.63 Å². The Kier molecular flexibility index (Phi) is 2.52. The molecule has 0 saturated heterocycles. The molecule has 1 nitrogen and oxygen atoms in total. The first-order chi connectivity index (χ1) is 9.49. The molecule has 0 saturated carbocycles. The van der Waals surface area contributed by atoms with E-state index in [1.54, 1.807) is 0 Å². The van der Waals surface area contributed by atoms with Crippen molar-refractivity contribution in [2.45, 2.75) is 43.0 Å². The number of hydrogen-bond donors (Lipinski definition) is 1. The van der Waals surface area contributed by atoms with Gasteiger partial charge in [-0.15, -0.1) is 24.8 Å². The maximum atomic E-state index is 3.86. The molecule has 0 aliphatic heterocycles. The van der Waals surface area contributed by atoms with Gasteiger partial charge >= 0.3 is 131 Å². The number of halogens is 2. The van der Waals surface area contributed by atoms with Crippen LogP contribution in [0.15, 0.2) is 52.4 Å². The molecule has 1 aliphatic rings. The Morgan fingerprint density at radius 2 is 1.48 bits per heavy atom. The molecule has 0 amide bonds. The molecule has 0 fully saturated rings. The van der Waals surface area contributed by atoms with E-state index in [9.17, 15) is 0 Å². The number of aromatic nitrogens is 1. The standard InChI is InChI=1S/C8H6N.C5H5.7CH3.2ClH.H2Si.Ti/c1-2-4-8-7(3-1)5-6-9-8;1-2-4-5-3-1;;;;;;;;;;;/h1-5,9H;1-3H,4H2;7*1H3;2*1H;1H2;. The number of para-hydroxylation sites is 1. The van der Waals surface area contributed by atoms with E-state index in [2.05, 4.69) is 97.8 Å². The normalized spacial score (nSPS) is 25.3. The van der Waals surface area contributed by atoms with Gasteiger partial charge in [-0.1, -0.05) is 0 Å². The Balaban J connectivity index is 0.00000156. The maximum absolute atomic E-state index is 5.56. The molecule has 0 radical (unpaired) electrons. The van der Waals surface area contributed by atoms with Crippen molar-refractivity contribution in [1.29, 1.82) is 0 Å². The van der Waals surface area contributed by atoms with Crippen LogP contribution in [0.25, 0.3) is 10.9 Å². The fraction of sp³-hybridized carbons (Fsp3) is 0.400. The van der Waals surface area contributed by atoms with Crippen molar-refractivity contribution in [1.82, 2.24) is 4.98 Å². The summed E-state index contributed by atoms with van der Waals surface area (Å²) in [5, 5.41) is 19.2. The molecule has 0 spiro atoms. The summed E-state index contributed by atoms with van der Waals surface area (Å²) in [6.45, 7) is 0. The van der Waals surface area contributed by atoms with Gasteiger partial charge in [-0.25, -0.2) is 0 Å². The summed E-state index contributed by atoms with van der Waals surface area (Å²) in [6.07, 6.45) is 7.89. The molecule has 1 heterocycles. The fourth-order valence-corrected chi connectivity index (χ4v) is 15.7. The summed E-state index contributed by atoms with van der Waals surface area (Å²) >= 11 is 0. The number of H-pyrrole nitrogens is 1. The predicted octanol–water partition coefficient (Wildman–Crippen LogP) is 6.73. The van der Waals surface area contributed by atoms with Crippen molar-refractivity contribution in [3.63, 3.8) is 0 Å². The van der Waals surface area contributed by atoms with Crippen LogP contribution in [-0.2, 0) is 7.63 Å². The summed E-state index contributed by atoms with van der Waals surface area (Å²) < 4.78 is 2.88. The van der Waals surface area contributed by atoms with Gasteiger partial charge in [0.1, 0.15) is 0 Å². The van der Waals surface area contributed by atoms with Crippen molar-refractivity contribution >= 4 is 47.3 Å². The van der Waals surface area contributed by atoms with Gasteiger partial charge in [0.2, 0.25) is 0 Å². The van der Waals surface area contributed by atoms with Gasteiger partial charge in [-0.05, 0) is 0 Å². The molecule has 1 aromatic heterocycles. The minimum absolute atomic E-state index is 0. The van der Waals surface area contributed by atoms with E-state index >= 15 is 0 Å². The second-order valence-corrected chi connectivity index (χ2v) is 98.7. The summed E-state index contributed by atoms with van der Waals surface area (Å²) in [5.41, 5.74) is 1.21. The van der Waals surface area contributed by atoms with E-state index in [0.717, 1.165) is 6.42 Å². The van der Waals surface area contributed by atoms with Crippen LogP contribution in [0, 0.1) is 0 Å². The molecule has 25 heavy (non-hydrogen) atoms. The van der Waals surface area contributed by atoms with E-state index in [0.29, 0.717) is 0 Å². The molecule has 0 bridgehead atoms. The number of fused-ring (bicyclic) bond motifs is 1. The van der Waals surface area contributed by atoms with E-state index in [1.165, 1.54) is 18.8 Å². The Hall–Kier alpha value is -0.249. The molecular weight excluding hydrogens is 401 g/mol. The van der Waals surface area contributed by atoms with E-state index in [4.69, 9.17) is 0 Å². The quantitative estimate of drug-likeness (QED) is 0.502. The van der Waals surface area contributed by atoms with Crippen LogP contribution in [0.2, 0.25) is 36.6 Å². The van der Waals surface area contributed by atoms with Crippen molar-refractivity contribution < 1.29 is 7.63 Å². The molecular formula is C20H36Cl2NSiTi. The first-order valence-corrected chi connectivity index (χ1v) is 25.5. The third kappa shape index (κ3) is 2.95. The number of allylic oxidation sites excluding steroid dienone is 4. The molecule has 0 unspecified atom stereocenters. The third-order valence-corrected chi connectivity index (χ3v) is 26.7. The van der Waals surface area contributed by atoms with Crippen molar-refractivity contribution in [2.75, 3.05) is 0 Å². The van der Waals surface area contributed by atoms with Crippen LogP contribution in [0.4, 0.5) is 0 Å². The Bertz CT molecular complexity index is 1180. The summed E-state index contributed by atoms with van der Waals surface area (Å²) in [6, 6.07) is 11.0. The minimum atomic E-state index is -5.56. The zero-order valence-corrected chi connectivity index (χ0v) is 21.5. The molecule has 3 rings (SSSR count). The molecule has 0 atom stereocenters. The van der Waals surface area contributed by atoms with Crippen LogP contribution >= 0.6 is 24.8 Å². The number of aromatic amines is 1. The summed E-state index contributed by atoms with van der Waals surface area (Å²) in [5.74, 6) is 0. The second-order valence-electron chi connectivity index (χ2n) is 20.5. The van der Waals surface area contributed by atoms with Crippen LogP contribution in [-0.4, -0.2) is 12.6 Å². The monoisotopic (exact) mass is 436 g/mol. The fourth-order valence-electron chi connectivity index (χ4n) is 4.32. The summed E-state index contributed by atoms with van der Waals surface area (Å²) in [4.78, 5) is 3.86. The Labute approximate surface area is 154 Å². The van der Waals surface area contributed by atoms with Gasteiger partial charge in [0, 0.05) is 0 Å². The van der Waals surface area contributed by atoms with Gasteiger partial charge in [0.25, 0.3) is 0 Å². The summed E-state index contributed by atoms with van der Waals surface area (Å²) in [7, 11) is -3.31. The molecule has 1 aromatic carbocycles. The zero-order valence-electron chi connectivity index (χ0n) is 16.8. The average Bonchev–Trinajstić information content (AvgIpc) is 2.97. The molecule has 143 valence electrons. The van der Waals surface area contributed by atoms with Crippen molar-refractivity contribution in [2.24, 2.45) is 0 Å². The van der Waals surface area contributed by atoms with Gasteiger partial charge < -0.3 is 0 Å². The first kappa shape index (κ1) is 22.8. The molecule has 1 aliphatic carbocycles. The van der Waals surface area contributed by atoms with Gasteiger partial charge in [0.05, 0.1) is 0 Å². The molecule has 1 N–H and O–H groups in total. The van der Waals surface area contributed by atoms with Crippen LogP contribution < -0.4 is 4.00 Å². The average molecular weight is 437 g/mol. The predicted molar refractivity (Wildman–Crippen MR) is 124 cm³/mol. The number of benzene rings is 1. The van der Waals surface area contributed by atoms with Crippen LogP contribution in [0.1, 0.15) is 6.42 Å². The Morgan fingerprint density at radius 1 is 0.920 bits per heavy atom. The topological polar surface area (TPSA) is 15.8 Å². The van der Waals surface area contributed by atoms with Gasteiger partial charge in [0.15, 0.2) is 0 Å². The van der Waals surface area contributed by atoms with Gasteiger partial charge in [-0.3, -0.25) is 0 Å². The number of hydrogen-bond acceptors (Lipinski definition) is 0. The SMILES string of the molecule is Cl.Cl.[CH3][Ti]([CH3])([CH3])([CH3])([CH3])([CH3])([CH3])(=[SiH2])([C]1=CC=CC1)[c]1cc2ccccc2[nH]1. The zero-order chi connectivity index (χ0) is 17.7. The molecule has 5 heteroatoms. The first-order valence-electron chi connectivity index (χ1n) is 8.98. The Morgan fingerprint density at radius 3 is 1.96 bits per heavy atom. The van der Waals surface area contributed by atoms with Gasteiger partial charge in [-0.2, -0.15) is 0 Å².